The van der Waals surface area contributed by atoms with E-state index in [1.165, 1.54) is 0 Å². The summed E-state index contributed by atoms with van der Waals surface area (Å²) in [6.07, 6.45) is 0. The van der Waals surface area contributed by atoms with Gasteiger partial charge in [0.15, 0.2) is 0 Å². The van der Waals surface area contributed by atoms with Crippen molar-refractivity contribution >= 4 is 6.03 Å². The molecule has 0 spiro atoms. The lowest BCUT2D eigenvalue weighted by molar-refractivity contribution is 0.228. The Balaban J connectivity index is 2.09. The average Bonchev–Trinajstić information content (AvgIpc) is 1.79. The fourth-order valence-electron chi connectivity index (χ4n) is 1.14. The van der Waals surface area contributed by atoms with E-state index in [1.807, 2.05) is 0 Å². The van der Waals surface area contributed by atoms with Crippen LogP contribution in [0.2, 0.25) is 0 Å². The molecule has 1 rings (SSSR count). The number of nitrogens with one attached hydrogen (secondary N) is 2. The molecular formula is C7H15N3O. The lowest BCUT2D eigenvalue weighted by atomic mass is 9.89. The van der Waals surface area contributed by atoms with Crippen LogP contribution >= 0.6 is 0 Å². The van der Waals surface area contributed by atoms with E-state index < -0.39 is 6.03 Å². The van der Waals surface area contributed by atoms with E-state index >= 15 is 0 Å². The van der Waals surface area contributed by atoms with Gasteiger partial charge in [-0.1, -0.05) is 6.92 Å². The minimum absolute atomic E-state index is 0.427. The highest BCUT2D eigenvalue weighted by Crippen LogP contribution is 2.14. The standard InChI is InChI=1S/C7H15N3O/c1-5(2-10-7(8)11)6-3-9-4-6/h5-6,9H,2-4H2,1H3,(H3,8,10,11). The zero-order chi connectivity index (χ0) is 8.27. The number of carbonyl (C=O) groups is 1. The van der Waals surface area contributed by atoms with Crippen molar-refractivity contribution in [3.05, 3.63) is 0 Å². The molecule has 1 aliphatic rings. The van der Waals surface area contributed by atoms with Crippen LogP contribution < -0.4 is 16.4 Å². The number of amides is 2. The van der Waals surface area contributed by atoms with Crippen molar-refractivity contribution in [3.63, 3.8) is 0 Å². The van der Waals surface area contributed by atoms with Crippen LogP contribution in [0, 0.1) is 11.8 Å². The van der Waals surface area contributed by atoms with Gasteiger partial charge in [-0.3, -0.25) is 0 Å². The Morgan fingerprint density at radius 3 is 2.82 bits per heavy atom. The largest absolute Gasteiger partial charge is 0.352 e. The van der Waals surface area contributed by atoms with Crippen LogP contribution in [0.25, 0.3) is 0 Å². The van der Waals surface area contributed by atoms with Crippen LogP contribution in [0.15, 0.2) is 0 Å². The third-order valence-corrected chi connectivity index (χ3v) is 2.22. The van der Waals surface area contributed by atoms with Gasteiger partial charge in [0, 0.05) is 6.54 Å². The predicted octanol–water partition coefficient (Wildman–Crippen LogP) is -0.490. The molecule has 0 aromatic carbocycles. The van der Waals surface area contributed by atoms with Crippen molar-refractivity contribution in [3.8, 4) is 0 Å². The van der Waals surface area contributed by atoms with Crippen molar-refractivity contribution in [2.24, 2.45) is 17.6 Å². The van der Waals surface area contributed by atoms with Gasteiger partial charge in [-0.25, -0.2) is 4.79 Å². The van der Waals surface area contributed by atoms with Crippen LogP contribution in [-0.4, -0.2) is 25.7 Å². The monoisotopic (exact) mass is 157 g/mol. The van der Waals surface area contributed by atoms with Crippen LogP contribution in [0.1, 0.15) is 6.92 Å². The first-order valence-electron chi connectivity index (χ1n) is 3.94. The van der Waals surface area contributed by atoms with E-state index in [4.69, 9.17) is 5.73 Å². The van der Waals surface area contributed by atoms with Crippen LogP contribution in [0.5, 0.6) is 0 Å². The Kier molecular flexibility index (Phi) is 2.70. The van der Waals surface area contributed by atoms with Gasteiger partial charge < -0.3 is 16.4 Å². The van der Waals surface area contributed by atoms with Crippen molar-refractivity contribution in [2.45, 2.75) is 6.92 Å². The van der Waals surface area contributed by atoms with E-state index in [0.717, 1.165) is 13.1 Å². The molecule has 0 radical (unpaired) electrons. The lowest BCUT2D eigenvalue weighted by Crippen LogP contribution is -2.48. The summed E-state index contributed by atoms with van der Waals surface area (Å²) < 4.78 is 0. The number of hydrogen-bond donors (Lipinski definition) is 3. The molecule has 4 heteroatoms. The summed E-state index contributed by atoms with van der Waals surface area (Å²) in [6.45, 7) is 4.96. The van der Waals surface area contributed by atoms with Crippen LogP contribution in [0.3, 0.4) is 0 Å². The fraction of sp³-hybridized carbons (Fsp3) is 0.857. The molecule has 64 valence electrons. The minimum Gasteiger partial charge on any atom is -0.352 e. The molecule has 0 aromatic heterocycles. The third kappa shape index (κ3) is 2.38. The molecule has 4 N–H and O–H groups in total. The van der Waals surface area contributed by atoms with E-state index in [9.17, 15) is 4.79 Å². The van der Waals surface area contributed by atoms with E-state index in [1.54, 1.807) is 0 Å². The maximum atomic E-state index is 10.3. The molecule has 11 heavy (non-hydrogen) atoms. The zero-order valence-electron chi connectivity index (χ0n) is 6.76. The van der Waals surface area contributed by atoms with Gasteiger partial charge >= 0.3 is 6.03 Å². The fourth-order valence-corrected chi connectivity index (χ4v) is 1.14. The van der Waals surface area contributed by atoms with Crippen molar-refractivity contribution in [1.29, 1.82) is 0 Å². The molecule has 1 aliphatic heterocycles. The number of nitrogens with two attached hydrogens (primary N) is 1. The number of urea groups is 1. The Labute approximate surface area is 66.5 Å². The van der Waals surface area contributed by atoms with E-state index in [0.29, 0.717) is 18.4 Å². The van der Waals surface area contributed by atoms with E-state index in [-0.39, 0.29) is 0 Å². The summed E-state index contributed by atoms with van der Waals surface area (Å²) in [7, 11) is 0. The van der Waals surface area contributed by atoms with Gasteiger partial charge in [0.25, 0.3) is 0 Å². The topological polar surface area (TPSA) is 67.1 Å². The Morgan fingerprint density at radius 2 is 2.45 bits per heavy atom. The molecule has 1 unspecified atom stereocenters. The van der Waals surface area contributed by atoms with Crippen molar-refractivity contribution in [1.82, 2.24) is 10.6 Å². The van der Waals surface area contributed by atoms with Gasteiger partial charge in [-0.05, 0) is 24.9 Å². The maximum absolute atomic E-state index is 10.3. The average molecular weight is 157 g/mol. The van der Waals surface area contributed by atoms with Gasteiger partial charge in [0.2, 0.25) is 0 Å². The van der Waals surface area contributed by atoms with Crippen molar-refractivity contribution < 1.29 is 4.79 Å². The molecule has 1 heterocycles. The molecule has 0 saturated carbocycles. The number of rotatable bonds is 3. The molecule has 4 nitrogen and oxygen atoms in total. The summed E-state index contributed by atoms with van der Waals surface area (Å²) >= 11 is 0. The third-order valence-electron chi connectivity index (χ3n) is 2.22. The quantitative estimate of drug-likeness (QED) is 0.517. The summed E-state index contributed by atoms with van der Waals surface area (Å²) in [5.41, 5.74) is 4.93. The highest BCUT2D eigenvalue weighted by Gasteiger charge is 2.23. The molecular weight excluding hydrogens is 142 g/mol. The van der Waals surface area contributed by atoms with Gasteiger partial charge in [-0.15, -0.1) is 0 Å². The summed E-state index contributed by atoms with van der Waals surface area (Å²) in [5, 5.41) is 5.79. The molecule has 0 aromatic rings. The molecule has 0 aliphatic carbocycles. The lowest BCUT2D eigenvalue weighted by Gasteiger charge is -2.32. The maximum Gasteiger partial charge on any atom is 0.312 e. The second-order valence-corrected chi connectivity index (χ2v) is 3.14. The van der Waals surface area contributed by atoms with Gasteiger partial charge in [-0.2, -0.15) is 0 Å². The van der Waals surface area contributed by atoms with Crippen LogP contribution in [-0.2, 0) is 0 Å². The van der Waals surface area contributed by atoms with Gasteiger partial charge in [0.05, 0.1) is 0 Å². The normalized spacial score (nSPS) is 20.5. The second kappa shape index (κ2) is 3.57. The number of carbonyl (C=O) groups excluding carboxylic acids is 1. The van der Waals surface area contributed by atoms with Crippen LogP contribution in [0.4, 0.5) is 4.79 Å². The molecule has 1 atom stereocenters. The minimum atomic E-state index is -0.427. The van der Waals surface area contributed by atoms with E-state index in [2.05, 4.69) is 17.6 Å². The first-order chi connectivity index (χ1) is 5.20. The smallest absolute Gasteiger partial charge is 0.312 e. The highest BCUT2D eigenvalue weighted by atomic mass is 16.2. The SMILES string of the molecule is CC(CNC(N)=O)C1CNC1. The second-order valence-electron chi connectivity index (χ2n) is 3.14. The molecule has 0 bridgehead atoms. The summed E-state index contributed by atoms with van der Waals surface area (Å²) in [4.78, 5) is 10.3. The molecule has 1 saturated heterocycles. The van der Waals surface area contributed by atoms with Crippen molar-refractivity contribution in [2.75, 3.05) is 19.6 Å². The predicted molar refractivity (Wildman–Crippen MR) is 43.1 cm³/mol. The Bertz CT molecular complexity index is 145. The summed E-state index contributed by atoms with van der Waals surface area (Å²) in [6, 6.07) is -0.427. The number of hydrogen-bond acceptors (Lipinski definition) is 2. The number of primary amides is 1. The Morgan fingerprint density at radius 1 is 1.82 bits per heavy atom. The highest BCUT2D eigenvalue weighted by molar-refractivity contribution is 5.71. The summed E-state index contributed by atoms with van der Waals surface area (Å²) in [5.74, 6) is 1.24. The first kappa shape index (κ1) is 8.33. The molecule has 2 amide bonds. The first-order valence-corrected chi connectivity index (χ1v) is 3.94. The van der Waals surface area contributed by atoms with Gasteiger partial charge in [0.1, 0.15) is 0 Å². The molecule has 1 fully saturated rings. The zero-order valence-corrected chi connectivity index (χ0v) is 6.76. The Hall–Kier alpha value is -0.770.